The fraction of sp³-hybridized carbons (Fsp3) is 0.343. The van der Waals surface area contributed by atoms with Crippen LogP contribution in [0.25, 0.3) is 11.1 Å². The summed E-state index contributed by atoms with van der Waals surface area (Å²) < 4.78 is 27.4. The van der Waals surface area contributed by atoms with Gasteiger partial charge >= 0.3 is 6.03 Å². The molecule has 1 fully saturated rings. The van der Waals surface area contributed by atoms with E-state index in [1.54, 1.807) is 59.3 Å². The molecule has 1 aliphatic carbocycles. The van der Waals surface area contributed by atoms with Gasteiger partial charge in [0.15, 0.2) is 0 Å². The summed E-state index contributed by atoms with van der Waals surface area (Å²) in [5.41, 5.74) is 3.91. The van der Waals surface area contributed by atoms with Crippen molar-refractivity contribution < 1.29 is 23.8 Å². The van der Waals surface area contributed by atoms with E-state index in [4.69, 9.17) is 0 Å². The van der Waals surface area contributed by atoms with E-state index in [2.05, 4.69) is 6.08 Å². The van der Waals surface area contributed by atoms with Crippen molar-refractivity contribution in [3.8, 4) is 22.6 Å². The molecule has 5 nitrogen and oxygen atoms in total. The van der Waals surface area contributed by atoms with Gasteiger partial charge in [0.1, 0.15) is 23.5 Å². The number of hydrogen-bond acceptors (Lipinski definition) is 3. The lowest BCUT2D eigenvalue weighted by molar-refractivity contribution is 0.214. The Morgan fingerprint density at radius 1 is 0.976 bits per heavy atom. The molecule has 42 heavy (non-hydrogen) atoms. The number of rotatable bonds is 7. The maximum Gasteiger partial charge on any atom is 0.325 e. The highest BCUT2D eigenvalue weighted by Gasteiger charge is 2.46. The number of hydrogen-bond donors (Lipinski definition) is 2. The first kappa shape index (κ1) is 30.8. The lowest BCUT2D eigenvalue weighted by atomic mass is 9.91. The first-order valence-electron chi connectivity index (χ1n) is 14.7. The fourth-order valence-corrected chi connectivity index (χ4v) is 5.78. The van der Waals surface area contributed by atoms with Crippen molar-refractivity contribution in [2.75, 3.05) is 11.9 Å². The van der Waals surface area contributed by atoms with E-state index in [9.17, 15) is 23.8 Å². The number of allylic oxidation sites excluding steroid dienone is 4. The second-order valence-electron chi connectivity index (χ2n) is 10.6. The number of likely N-dealkylation sites (N-methyl/N-ethyl adjacent to an activating group) is 1. The average Bonchev–Trinajstić information content (AvgIpc) is 3.22. The standard InChI is InChI=1S/C33H34F2N2O3.C2H6/c1-36-30(13-4-8-22-6-2-10-25(34)11-3-7-22)32(37(33(36)40)27-17-15-26(35)16-18-27)29-19-14-24(21-31(29)39)23-9-5-12-28(38)20-23;1-2/h2,5,7,9-10,12,14-21,25,30,32,38-39H,3-4,6,8,11,13H2,1H3;1-2H3/b10-2-,22-7+;. The molecule has 2 aliphatic rings. The molecule has 3 atom stereocenters. The Balaban J connectivity index is 0.00000198. The molecule has 5 rings (SSSR count). The SMILES string of the molecule is CC.CN1C(=O)N(c2ccc(F)cc2)C(c2ccc(-c3cccc(O)c3)cc2O)C1CCC/C1=C/CCC(F)/C=C\C1. The average molecular weight is 575 g/mol. The minimum atomic E-state index is -0.888. The topological polar surface area (TPSA) is 64.0 Å². The van der Waals surface area contributed by atoms with Gasteiger partial charge in [0.2, 0.25) is 0 Å². The van der Waals surface area contributed by atoms with Crippen LogP contribution in [0.4, 0.5) is 19.3 Å². The summed E-state index contributed by atoms with van der Waals surface area (Å²) in [6.45, 7) is 4.00. The number of carbonyl (C=O) groups excluding carboxylic acids is 1. The van der Waals surface area contributed by atoms with Gasteiger partial charge in [0, 0.05) is 18.3 Å². The molecule has 0 aromatic heterocycles. The third kappa shape index (κ3) is 7.01. The Bertz CT molecular complexity index is 1420. The number of nitrogens with zero attached hydrogens (tertiary/aromatic N) is 2. The van der Waals surface area contributed by atoms with Gasteiger partial charge in [0.05, 0.1) is 12.1 Å². The predicted molar refractivity (Wildman–Crippen MR) is 165 cm³/mol. The van der Waals surface area contributed by atoms with Crippen molar-refractivity contribution in [3.63, 3.8) is 0 Å². The molecule has 0 radical (unpaired) electrons. The zero-order valence-electron chi connectivity index (χ0n) is 24.5. The van der Waals surface area contributed by atoms with Crippen LogP contribution in [0.15, 0.2) is 90.5 Å². The lowest BCUT2D eigenvalue weighted by Gasteiger charge is -2.28. The summed E-state index contributed by atoms with van der Waals surface area (Å²) in [6.07, 6.45) is 9.04. The lowest BCUT2D eigenvalue weighted by Crippen LogP contribution is -2.31. The summed E-state index contributed by atoms with van der Waals surface area (Å²) in [5, 5.41) is 21.2. The van der Waals surface area contributed by atoms with Gasteiger partial charge in [-0.2, -0.15) is 0 Å². The molecule has 0 bridgehead atoms. The van der Waals surface area contributed by atoms with Gasteiger partial charge in [-0.25, -0.2) is 13.6 Å². The molecule has 2 amide bonds. The van der Waals surface area contributed by atoms with E-state index in [0.29, 0.717) is 30.5 Å². The molecule has 3 unspecified atom stereocenters. The van der Waals surface area contributed by atoms with Crippen molar-refractivity contribution in [3.05, 3.63) is 102 Å². The Labute approximate surface area is 247 Å². The molecule has 7 heteroatoms. The van der Waals surface area contributed by atoms with Crippen LogP contribution in [0.2, 0.25) is 0 Å². The van der Waals surface area contributed by atoms with Crippen molar-refractivity contribution in [2.45, 2.75) is 70.6 Å². The van der Waals surface area contributed by atoms with E-state index < -0.39 is 18.0 Å². The van der Waals surface area contributed by atoms with Gasteiger partial charge in [-0.3, -0.25) is 4.90 Å². The van der Waals surface area contributed by atoms with Crippen LogP contribution in [-0.2, 0) is 0 Å². The summed E-state index contributed by atoms with van der Waals surface area (Å²) in [7, 11) is 1.76. The van der Waals surface area contributed by atoms with Crippen molar-refractivity contribution in [2.24, 2.45) is 0 Å². The molecule has 1 saturated heterocycles. The Hall–Kier alpha value is -4.13. The van der Waals surface area contributed by atoms with E-state index in [0.717, 1.165) is 30.4 Å². The maximum atomic E-state index is 13.8. The van der Waals surface area contributed by atoms with Gasteiger partial charge in [0.25, 0.3) is 0 Å². The zero-order chi connectivity index (χ0) is 30.2. The second kappa shape index (κ2) is 14.2. The third-order valence-corrected chi connectivity index (χ3v) is 7.88. The van der Waals surface area contributed by atoms with Crippen LogP contribution in [0.3, 0.4) is 0 Å². The molecular formula is C35H40F2N2O3. The Morgan fingerprint density at radius 2 is 1.71 bits per heavy atom. The normalized spacial score (nSPS) is 22.5. The molecule has 3 aromatic carbocycles. The highest BCUT2D eigenvalue weighted by atomic mass is 19.1. The first-order chi connectivity index (χ1) is 20.3. The van der Waals surface area contributed by atoms with Gasteiger partial charge in [-0.1, -0.05) is 61.9 Å². The highest BCUT2D eigenvalue weighted by Crippen LogP contribution is 2.44. The maximum absolute atomic E-state index is 13.8. The number of alkyl halides is 1. The summed E-state index contributed by atoms with van der Waals surface area (Å²) >= 11 is 0. The largest absolute Gasteiger partial charge is 0.508 e. The quantitative estimate of drug-likeness (QED) is 0.277. The van der Waals surface area contributed by atoms with Crippen LogP contribution in [0, 0.1) is 5.82 Å². The minimum absolute atomic E-state index is 0.0414. The number of benzene rings is 3. The number of amides is 2. The molecule has 2 N–H and O–H groups in total. The third-order valence-electron chi connectivity index (χ3n) is 7.88. The number of anilines is 1. The molecule has 3 aromatic rings. The van der Waals surface area contributed by atoms with Crippen LogP contribution >= 0.6 is 0 Å². The predicted octanol–water partition coefficient (Wildman–Crippen LogP) is 9.09. The Morgan fingerprint density at radius 3 is 2.43 bits per heavy atom. The Kier molecular flexibility index (Phi) is 10.4. The molecule has 0 saturated carbocycles. The summed E-state index contributed by atoms with van der Waals surface area (Å²) in [6, 6.07) is 17.0. The van der Waals surface area contributed by atoms with Crippen molar-refractivity contribution in [1.29, 1.82) is 0 Å². The van der Waals surface area contributed by atoms with Crippen LogP contribution in [0.1, 0.15) is 64.0 Å². The molecule has 0 spiro atoms. The molecule has 222 valence electrons. The molecular weight excluding hydrogens is 534 g/mol. The summed E-state index contributed by atoms with van der Waals surface area (Å²) in [5.74, 6) is -0.221. The second-order valence-corrected chi connectivity index (χ2v) is 10.6. The van der Waals surface area contributed by atoms with Gasteiger partial charge < -0.3 is 15.1 Å². The smallest absolute Gasteiger partial charge is 0.325 e. The van der Waals surface area contributed by atoms with Crippen LogP contribution in [-0.4, -0.2) is 40.4 Å². The van der Waals surface area contributed by atoms with E-state index >= 15 is 0 Å². The number of aromatic hydroxyl groups is 2. The highest BCUT2D eigenvalue weighted by molar-refractivity contribution is 5.96. The zero-order valence-corrected chi connectivity index (χ0v) is 24.5. The van der Waals surface area contributed by atoms with E-state index in [-0.39, 0.29) is 23.6 Å². The van der Waals surface area contributed by atoms with E-state index in [1.807, 2.05) is 38.1 Å². The molecule has 1 heterocycles. The fourth-order valence-electron chi connectivity index (χ4n) is 5.78. The minimum Gasteiger partial charge on any atom is -0.508 e. The first-order valence-corrected chi connectivity index (χ1v) is 14.7. The van der Waals surface area contributed by atoms with Gasteiger partial charge in [-0.15, -0.1) is 0 Å². The van der Waals surface area contributed by atoms with Crippen LogP contribution < -0.4 is 4.90 Å². The van der Waals surface area contributed by atoms with Crippen LogP contribution in [0.5, 0.6) is 11.5 Å². The number of carbonyl (C=O) groups is 1. The van der Waals surface area contributed by atoms with Gasteiger partial charge in [-0.05, 0) is 92.1 Å². The van der Waals surface area contributed by atoms with Crippen molar-refractivity contribution >= 4 is 11.7 Å². The molecule has 1 aliphatic heterocycles. The van der Waals surface area contributed by atoms with E-state index in [1.165, 1.54) is 17.7 Å². The van der Waals surface area contributed by atoms with Crippen molar-refractivity contribution in [1.82, 2.24) is 4.90 Å². The number of phenolic OH excluding ortho intramolecular Hbond substituents is 2. The number of urea groups is 1. The summed E-state index contributed by atoms with van der Waals surface area (Å²) in [4.78, 5) is 16.9. The monoisotopic (exact) mass is 574 g/mol. The number of halogens is 2. The number of phenols is 2.